The largest absolute Gasteiger partial charge is 0.395 e. The van der Waals surface area contributed by atoms with Crippen molar-refractivity contribution in [3.8, 4) is 0 Å². The average molecular weight is 289 g/mol. The van der Waals surface area contributed by atoms with Gasteiger partial charge in [0.2, 0.25) is 0 Å². The molecule has 2 aromatic heterocycles. The van der Waals surface area contributed by atoms with Crippen LogP contribution in [-0.4, -0.2) is 42.0 Å². The van der Waals surface area contributed by atoms with Gasteiger partial charge < -0.3 is 9.67 Å². The summed E-state index contributed by atoms with van der Waals surface area (Å²) in [6, 6.07) is 0.520. The van der Waals surface area contributed by atoms with Crippen molar-refractivity contribution in [2.75, 3.05) is 6.61 Å². The minimum atomic E-state index is 0.148. The van der Waals surface area contributed by atoms with Crippen molar-refractivity contribution in [3.05, 3.63) is 35.7 Å². The van der Waals surface area contributed by atoms with E-state index in [1.807, 2.05) is 24.3 Å². The summed E-state index contributed by atoms with van der Waals surface area (Å²) in [6.07, 6.45) is 6.72. The zero-order chi connectivity index (χ0) is 15.0. The minimum Gasteiger partial charge on any atom is -0.395 e. The van der Waals surface area contributed by atoms with Crippen LogP contribution in [0.25, 0.3) is 0 Å². The van der Waals surface area contributed by atoms with Gasteiger partial charge in [-0.1, -0.05) is 0 Å². The molecular formula is C15H23N5O. The number of aryl methyl sites for hydroxylation is 1. The first-order valence-corrected chi connectivity index (χ1v) is 7.45. The van der Waals surface area contributed by atoms with Crippen LogP contribution >= 0.6 is 0 Å². The van der Waals surface area contributed by atoms with Gasteiger partial charge in [-0.05, 0) is 13.8 Å². The molecule has 1 atom stereocenters. The molecule has 0 saturated heterocycles. The summed E-state index contributed by atoms with van der Waals surface area (Å²) in [6.45, 7) is 5.99. The molecule has 0 fully saturated rings. The van der Waals surface area contributed by atoms with Crippen LogP contribution in [0.1, 0.15) is 36.8 Å². The molecule has 0 radical (unpaired) electrons. The standard InChI is InChI=1S/C15H23N5O/c1-11(2)20-7-12(5-17-20)6-19-8-14-15(4-13(19)9-21)18(3)10-16-14/h5,7,10-11,13,21H,4,6,8-9H2,1-3H3/t13-/m0/s1. The summed E-state index contributed by atoms with van der Waals surface area (Å²) < 4.78 is 4.03. The normalized spacial score (nSPS) is 19.2. The molecule has 0 bridgehead atoms. The summed E-state index contributed by atoms with van der Waals surface area (Å²) in [5.41, 5.74) is 3.54. The second-order valence-electron chi connectivity index (χ2n) is 6.12. The quantitative estimate of drug-likeness (QED) is 0.916. The topological polar surface area (TPSA) is 59.1 Å². The van der Waals surface area contributed by atoms with Gasteiger partial charge in [0.25, 0.3) is 0 Å². The molecule has 1 N–H and O–H groups in total. The van der Waals surface area contributed by atoms with Crippen LogP contribution in [0, 0.1) is 0 Å². The molecule has 0 aliphatic carbocycles. The van der Waals surface area contributed by atoms with E-state index >= 15 is 0 Å². The van der Waals surface area contributed by atoms with Crippen molar-refractivity contribution in [2.24, 2.45) is 7.05 Å². The lowest BCUT2D eigenvalue weighted by atomic mass is 10.0. The van der Waals surface area contributed by atoms with Crippen LogP contribution in [0.3, 0.4) is 0 Å². The molecule has 0 spiro atoms. The molecule has 21 heavy (non-hydrogen) atoms. The van der Waals surface area contributed by atoms with Gasteiger partial charge in [-0.25, -0.2) is 4.98 Å². The lowest BCUT2D eigenvalue weighted by molar-refractivity contribution is 0.0967. The van der Waals surface area contributed by atoms with Crippen LogP contribution in [0.15, 0.2) is 18.7 Å². The van der Waals surface area contributed by atoms with Crippen LogP contribution in [0.4, 0.5) is 0 Å². The zero-order valence-corrected chi connectivity index (χ0v) is 12.9. The average Bonchev–Trinajstić information content (AvgIpc) is 3.06. The second kappa shape index (κ2) is 5.61. The molecule has 0 saturated carbocycles. The third-order valence-corrected chi connectivity index (χ3v) is 4.22. The van der Waals surface area contributed by atoms with E-state index < -0.39 is 0 Å². The van der Waals surface area contributed by atoms with E-state index in [0.717, 1.165) is 25.2 Å². The number of nitrogens with zero attached hydrogens (tertiary/aromatic N) is 5. The van der Waals surface area contributed by atoms with Crippen molar-refractivity contribution in [1.29, 1.82) is 0 Å². The van der Waals surface area contributed by atoms with E-state index in [1.54, 1.807) is 0 Å². The highest BCUT2D eigenvalue weighted by Gasteiger charge is 2.28. The van der Waals surface area contributed by atoms with E-state index in [4.69, 9.17) is 0 Å². The summed E-state index contributed by atoms with van der Waals surface area (Å²) in [4.78, 5) is 6.76. The fourth-order valence-corrected chi connectivity index (χ4v) is 2.91. The Morgan fingerprint density at radius 1 is 1.43 bits per heavy atom. The predicted molar refractivity (Wildman–Crippen MR) is 79.6 cm³/mol. The molecule has 0 unspecified atom stereocenters. The smallest absolute Gasteiger partial charge is 0.0949 e. The van der Waals surface area contributed by atoms with Crippen molar-refractivity contribution in [1.82, 2.24) is 24.2 Å². The molecular weight excluding hydrogens is 266 g/mol. The highest BCUT2D eigenvalue weighted by molar-refractivity contribution is 5.19. The van der Waals surface area contributed by atoms with Crippen LogP contribution in [0.5, 0.6) is 0 Å². The van der Waals surface area contributed by atoms with Crippen molar-refractivity contribution < 1.29 is 5.11 Å². The van der Waals surface area contributed by atoms with E-state index in [2.05, 4.69) is 39.6 Å². The molecule has 3 heterocycles. The van der Waals surface area contributed by atoms with Crippen LogP contribution in [0.2, 0.25) is 0 Å². The lowest BCUT2D eigenvalue weighted by Crippen LogP contribution is -2.42. The zero-order valence-electron chi connectivity index (χ0n) is 12.9. The minimum absolute atomic E-state index is 0.148. The number of aliphatic hydroxyl groups is 1. The summed E-state index contributed by atoms with van der Waals surface area (Å²) >= 11 is 0. The molecule has 1 aliphatic rings. The lowest BCUT2D eigenvalue weighted by Gasteiger charge is -2.34. The van der Waals surface area contributed by atoms with Gasteiger partial charge in [0.1, 0.15) is 0 Å². The Morgan fingerprint density at radius 3 is 2.90 bits per heavy atom. The Balaban J connectivity index is 1.77. The number of fused-ring (bicyclic) bond motifs is 1. The Labute approximate surface area is 125 Å². The van der Waals surface area contributed by atoms with Gasteiger partial charge >= 0.3 is 0 Å². The Hall–Kier alpha value is -1.66. The maximum atomic E-state index is 9.69. The first-order chi connectivity index (χ1) is 10.1. The SMILES string of the molecule is CC(C)n1cc(CN2Cc3ncn(C)c3C[C@H]2CO)cn1. The highest BCUT2D eigenvalue weighted by atomic mass is 16.3. The molecule has 0 aromatic carbocycles. The maximum absolute atomic E-state index is 9.69. The van der Waals surface area contributed by atoms with Gasteiger partial charge in [-0.15, -0.1) is 0 Å². The fourth-order valence-electron chi connectivity index (χ4n) is 2.91. The van der Waals surface area contributed by atoms with Gasteiger partial charge in [-0.3, -0.25) is 9.58 Å². The number of aliphatic hydroxyl groups excluding tert-OH is 1. The van der Waals surface area contributed by atoms with Gasteiger partial charge in [0.15, 0.2) is 0 Å². The number of hydrogen-bond acceptors (Lipinski definition) is 4. The molecule has 1 aliphatic heterocycles. The van der Waals surface area contributed by atoms with Crippen LogP contribution < -0.4 is 0 Å². The molecule has 114 valence electrons. The summed E-state index contributed by atoms with van der Waals surface area (Å²) in [5, 5.41) is 14.1. The summed E-state index contributed by atoms with van der Waals surface area (Å²) in [5.74, 6) is 0. The third-order valence-electron chi connectivity index (χ3n) is 4.22. The van der Waals surface area contributed by atoms with E-state index in [1.165, 1.54) is 11.3 Å². The fraction of sp³-hybridized carbons (Fsp3) is 0.600. The van der Waals surface area contributed by atoms with Gasteiger partial charge in [0, 0.05) is 56.1 Å². The van der Waals surface area contributed by atoms with Gasteiger partial charge in [-0.2, -0.15) is 5.10 Å². The Morgan fingerprint density at radius 2 is 2.24 bits per heavy atom. The van der Waals surface area contributed by atoms with Crippen molar-refractivity contribution in [2.45, 2.75) is 45.4 Å². The maximum Gasteiger partial charge on any atom is 0.0949 e. The molecule has 2 aromatic rings. The molecule has 6 heteroatoms. The second-order valence-corrected chi connectivity index (χ2v) is 6.12. The van der Waals surface area contributed by atoms with Crippen molar-refractivity contribution in [3.63, 3.8) is 0 Å². The number of imidazole rings is 1. The molecule has 6 nitrogen and oxygen atoms in total. The number of hydrogen-bond donors (Lipinski definition) is 1. The number of aromatic nitrogens is 4. The Bertz CT molecular complexity index is 615. The molecule has 3 rings (SSSR count). The van der Waals surface area contributed by atoms with E-state index in [0.29, 0.717) is 6.04 Å². The van der Waals surface area contributed by atoms with Gasteiger partial charge in [0.05, 0.1) is 24.8 Å². The highest BCUT2D eigenvalue weighted by Crippen LogP contribution is 2.23. The Kier molecular flexibility index (Phi) is 3.82. The predicted octanol–water partition coefficient (Wildman–Crippen LogP) is 1.12. The van der Waals surface area contributed by atoms with E-state index in [9.17, 15) is 5.11 Å². The monoisotopic (exact) mass is 289 g/mol. The third kappa shape index (κ3) is 2.73. The first-order valence-electron chi connectivity index (χ1n) is 7.45. The van der Waals surface area contributed by atoms with Crippen LogP contribution in [-0.2, 0) is 26.6 Å². The summed E-state index contributed by atoms with van der Waals surface area (Å²) in [7, 11) is 2.02. The van der Waals surface area contributed by atoms with E-state index in [-0.39, 0.29) is 12.6 Å². The van der Waals surface area contributed by atoms with Crippen molar-refractivity contribution >= 4 is 0 Å². The first kappa shape index (κ1) is 14.3. The number of rotatable bonds is 4. The molecule has 0 amide bonds.